The number of phosphoric acid groups is 1. The van der Waals surface area contributed by atoms with Crippen molar-refractivity contribution in [2.24, 2.45) is 0 Å². The van der Waals surface area contributed by atoms with Crippen molar-refractivity contribution < 1.29 is 18.5 Å². The number of hydrogen-bond donors (Lipinski definition) is 1. The summed E-state index contributed by atoms with van der Waals surface area (Å²) in [6.07, 6.45) is 0.709. The molecule has 0 spiro atoms. The van der Waals surface area contributed by atoms with Crippen molar-refractivity contribution in [1.29, 1.82) is 0 Å². The number of para-hydroxylation sites is 2. The normalized spacial score (nSPS) is 13.6. The van der Waals surface area contributed by atoms with Crippen LogP contribution in [0.25, 0.3) is 0 Å². The van der Waals surface area contributed by atoms with Crippen LogP contribution in [0.4, 0.5) is 0 Å². The Morgan fingerprint density at radius 1 is 1.00 bits per heavy atom. The minimum atomic E-state index is -4.20. The average Bonchev–Trinajstić information content (AvgIpc) is 2.41. The highest BCUT2D eigenvalue weighted by Gasteiger charge is 2.26. The molecule has 1 N–H and O–H groups in total. The van der Waals surface area contributed by atoms with Crippen molar-refractivity contribution >= 4 is 7.82 Å². The van der Waals surface area contributed by atoms with Crippen LogP contribution in [0.15, 0.2) is 48.5 Å². The van der Waals surface area contributed by atoms with Crippen LogP contribution in [0.5, 0.6) is 11.5 Å². The van der Waals surface area contributed by atoms with E-state index in [9.17, 15) is 9.46 Å². The number of aryl methyl sites for hydroxylation is 2. The van der Waals surface area contributed by atoms with Gasteiger partial charge in [0.25, 0.3) is 0 Å². The molecule has 0 aliphatic rings. The van der Waals surface area contributed by atoms with Crippen molar-refractivity contribution in [1.82, 2.24) is 0 Å². The predicted octanol–water partition coefficient (Wildman–Crippen LogP) is 4.12. The second-order valence-electron chi connectivity index (χ2n) is 4.38. The molecule has 2 rings (SSSR count). The second kappa shape index (κ2) is 6.12. The first-order valence-electron chi connectivity index (χ1n) is 6.37. The monoisotopic (exact) mass is 292 g/mol. The van der Waals surface area contributed by atoms with E-state index >= 15 is 0 Å². The van der Waals surface area contributed by atoms with Crippen LogP contribution in [-0.4, -0.2) is 4.89 Å². The zero-order chi connectivity index (χ0) is 14.6. The van der Waals surface area contributed by atoms with Gasteiger partial charge in [0.15, 0.2) is 0 Å². The third-order valence-corrected chi connectivity index (χ3v) is 3.73. The van der Waals surface area contributed by atoms with Gasteiger partial charge in [0.1, 0.15) is 11.5 Å². The van der Waals surface area contributed by atoms with E-state index in [0.29, 0.717) is 17.9 Å². The summed E-state index contributed by atoms with van der Waals surface area (Å²) >= 11 is 0. The Bertz CT molecular complexity index is 639. The highest BCUT2D eigenvalue weighted by molar-refractivity contribution is 7.48. The van der Waals surface area contributed by atoms with Crippen LogP contribution >= 0.6 is 7.82 Å². The van der Waals surface area contributed by atoms with Gasteiger partial charge in [-0.1, -0.05) is 43.3 Å². The van der Waals surface area contributed by atoms with Gasteiger partial charge < -0.3 is 9.05 Å². The van der Waals surface area contributed by atoms with E-state index in [-0.39, 0.29) is 0 Å². The maximum Gasteiger partial charge on any atom is 0.584 e. The van der Waals surface area contributed by atoms with E-state index in [0.717, 1.165) is 11.1 Å². The van der Waals surface area contributed by atoms with Crippen LogP contribution in [0.1, 0.15) is 18.1 Å². The molecule has 1 atom stereocenters. The Morgan fingerprint density at radius 2 is 1.55 bits per heavy atom. The SMILES string of the molecule is CCc1ccccc1OP(=O)(O)Oc1ccccc1C. The summed E-state index contributed by atoms with van der Waals surface area (Å²) in [5.41, 5.74) is 1.63. The van der Waals surface area contributed by atoms with E-state index in [1.54, 1.807) is 37.3 Å². The third-order valence-electron chi connectivity index (χ3n) is 2.87. The molecule has 0 aliphatic carbocycles. The van der Waals surface area contributed by atoms with E-state index < -0.39 is 7.82 Å². The van der Waals surface area contributed by atoms with Crippen molar-refractivity contribution in [2.75, 3.05) is 0 Å². The van der Waals surface area contributed by atoms with E-state index in [1.165, 1.54) is 0 Å². The first-order valence-corrected chi connectivity index (χ1v) is 7.87. The molecule has 2 aromatic carbocycles. The average molecular weight is 292 g/mol. The Balaban J connectivity index is 2.19. The molecule has 0 saturated heterocycles. The molecular weight excluding hydrogens is 275 g/mol. The second-order valence-corrected chi connectivity index (χ2v) is 5.68. The Morgan fingerprint density at radius 3 is 2.20 bits per heavy atom. The van der Waals surface area contributed by atoms with Crippen molar-refractivity contribution in [3.63, 3.8) is 0 Å². The molecule has 0 radical (unpaired) electrons. The van der Waals surface area contributed by atoms with Crippen molar-refractivity contribution in [3.05, 3.63) is 59.7 Å². The zero-order valence-electron chi connectivity index (χ0n) is 11.4. The van der Waals surface area contributed by atoms with Gasteiger partial charge in [-0.3, -0.25) is 4.89 Å². The summed E-state index contributed by atoms with van der Waals surface area (Å²) in [5.74, 6) is 0.710. The molecule has 0 aliphatic heterocycles. The van der Waals surface area contributed by atoms with Gasteiger partial charge in [0.05, 0.1) is 0 Å². The molecule has 0 aromatic heterocycles. The smallest absolute Gasteiger partial charge is 0.395 e. The molecule has 20 heavy (non-hydrogen) atoms. The molecule has 0 bridgehead atoms. The molecule has 0 saturated carbocycles. The van der Waals surface area contributed by atoms with Crippen LogP contribution in [0, 0.1) is 6.92 Å². The molecule has 0 amide bonds. The van der Waals surface area contributed by atoms with Gasteiger partial charge >= 0.3 is 7.82 Å². The zero-order valence-corrected chi connectivity index (χ0v) is 12.3. The summed E-state index contributed by atoms with van der Waals surface area (Å²) < 4.78 is 22.4. The van der Waals surface area contributed by atoms with Crippen LogP contribution in [-0.2, 0) is 11.0 Å². The molecule has 5 heteroatoms. The lowest BCUT2D eigenvalue weighted by Crippen LogP contribution is -2.02. The fourth-order valence-electron chi connectivity index (χ4n) is 1.81. The van der Waals surface area contributed by atoms with Crippen LogP contribution in [0.2, 0.25) is 0 Å². The molecule has 106 valence electrons. The molecule has 0 heterocycles. The maximum absolute atomic E-state index is 12.1. The quantitative estimate of drug-likeness (QED) is 0.842. The first-order chi connectivity index (χ1) is 9.52. The summed E-state index contributed by atoms with van der Waals surface area (Å²) in [6.45, 7) is 3.75. The molecular formula is C15H17O4P. The summed E-state index contributed by atoms with van der Waals surface area (Å²) in [7, 11) is -4.20. The highest BCUT2D eigenvalue weighted by atomic mass is 31.2. The Hall–Kier alpha value is -1.77. The highest BCUT2D eigenvalue weighted by Crippen LogP contribution is 2.45. The van der Waals surface area contributed by atoms with Gasteiger partial charge in [-0.2, -0.15) is 0 Å². The fourth-order valence-corrected chi connectivity index (χ4v) is 2.73. The Labute approximate surface area is 118 Å². The van der Waals surface area contributed by atoms with Gasteiger partial charge in [-0.15, -0.1) is 0 Å². The third kappa shape index (κ3) is 3.62. The minimum absolute atomic E-state index is 0.340. The number of rotatable bonds is 5. The predicted molar refractivity (Wildman–Crippen MR) is 78.1 cm³/mol. The molecule has 4 nitrogen and oxygen atoms in total. The summed E-state index contributed by atoms with van der Waals surface area (Å²) in [4.78, 5) is 9.88. The Kier molecular flexibility index (Phi) is 4.48. The lowest BCUT2D eigenvalue weighted by atomic mass is 10.1. The van der Waals surface area contributed by atoms with Crippen LogP contribution < -0.4 is 9.05 Å². The lowest BCUT2D eigenvalue weighted by molar-refractivity contribution is 0.289. The maximum atomic E-state index is 12.1. The standard InChI is InChI=1S/C15H17O4P/c1-3-13-9-5-7-11-15(13)19-20(16,17)18-14-10-6-4-8-12(14)2/h4-11H,3H2,1-2H3,(H,16,17). The lowest BCUT2D eigenvalue weighted by Gasteiger charge is -2.16. The molecule has 0 fully saturated rings. The van der Waals surface area contributed by atoms with Crippen LogP contribution in [0.3, 0.4) is 0 Å². The topological polar surface area (TPSA) is 55.8 Å². The van der Waals surface area contributed by atoms with Crippen molar-refractivity contribution in [2.45, 2.75) is 20.3 Å². The molecule has 1 unspecified atom stereocenters. The first kappa shape index (κ1) is 14.6. The van der Waals surface area contributed by atoms with E-state index in [4.69, 9.17) is 9.05 Å². The van der Waals surface area contributed by atoms with Gasteiger partial charge in [-0.05, 0) is 36.6 Å². The van der Waals surface area contributed by atoms with Crippen molar-refractivity contribution in [3.8, 4) is 11.5 Å². The van der Waals surface area contributed by atoms with Gasteiger partial charge in [-0.25, -0.2) is 4.57 Å². The largest absolute Gasteiger partial charge is 0.584 e. The minimum Gasteiger partial charge on any atom is -0.395 e. The molecule has 2 aromatic rings. The summed E-state index contributed by atoms with van der Waals surface area (Å²) in [6, 6.07) is 14.1. The van der Waals surface area contributed by atoms with E-state index in [2.05, 4.69) is 0 Å². The fraction of sp³-hybridized carbons (Fsp3) is 0.200. The van der Waals surface area contributed by atoms with Gasteiger partial charge in [0.2, 0.25) is 0 Å². The summed E-state index contributed by atoms with van der Waals surface area (Å²) in [5, 5.41) is 0. The number of phosphoric ester groups is 1. The van der Waals surface area contributed by atoms with E-state index in [1.807, 2.05) is 25.1 Å². The number of hydrogen-bond acceptors (Lipinski definition) is 3. The number of benzene rings is 2. The van der Waals surface area contributed by atoms with Gasteiger partial charge in [0, 0.05) is 0 Å².